The minimum Gasteiger partial charge on any atom is -0.368 e. The maximum Gasteiger partial charge on any atom is 0.271 e. The van der Waals surface area contributed by atoms with Gasteiger partial charge in [0.05, 0.1) is 0 Å². The molecule has 2 aromatic rings. The van der Waals surface area contributed by atoms with Crippen molar-refractivity contribution in [3.05, 3.63) is 53.9 Å². The monoisotopic (exact) mass is 313 g/mol. The van der Waals surface area contributed by atoms with Gasteiger partial charge in [0.15, 0.2) is 0 Å². The van der Waals surface area contributed by atoms with E-state index in [4.69, 9.17) is 5.73 Å². The molecule has 3 rings (SSSR count). The minimum atomic E-state index is -0.490. The molecule has 2 heterocycles. The Morgan fingerprint density at radius 2 is 2.00 bits per heavy atom. The Hall–Kier alpha value is -2.67. The van der Waals surface area contributed by atoms with E-state index in [9.17, 15) is 9.59 Å². The van der Waals surface area contributed by atoms with Crippen molar-refractivity contribution in [3.8, 4) is 0 Å². The Kier molecular flexibility index (Phi) is 4.38. The van der Waals surface area contributed by atoms with Gasteiger partial charge in [-0.15, -0.1) is 0 Å². The van der Waals surface area contributed by atoms with Crippen LogP contribution in [0.25, 0.3) is 0 Å². The first-order valence-electron chi connectivity index (χ1n) is 7.51. The highest BCUT2D eigenvalue weighted by atomic mass is 16.2. The molecule has 1 aromatic carbocycles. The summed E-state index contributed by atoms with van der Waals surface area (Å²) in [6, 6.07) is 11.0. The van der Waals surface area contributed by atoms with E-state index in [0.717, 1.165) is 5.56 Å². The van der Waals surface area contributed by atoms with Crippen molar-refractivity contribution in [2.75, 3.05) is 19.6 Å². The molecule has 0 bridgehead atoms. The van der Waals surface area contributed by atoms with Gasteiger partial charge in [0, 0.05) is 32.4 Å². The molecule has 120 valence electrons. The summed E-state index contributed by atoms with van der Waals surface area (Å²) in [7, 11) is 0. The van der Waals surface area contributed by atoms with Gasteiger partial charge in [-0.05, 0) is 11.6 Å². The minimum absolute atomic E-state index is 0.159. The van der Waals surface area contributed by atoms with Crippen molar-refractivity contribution in [1.82, 2.24) is 20.0 Å². The third-order valence-electron chi connectivity index (χ3n) is 4.07. The van der Waals surface area contributed by atoms with Crippen LogP contribution in [0.5, 0.6) is 0 Å². The largest absolute Gasteiger partial charge is 0.368 e. The Labute approximate surface area is 134 Å². The number of primary amides is 1. The van der Waals surface area contributed by atoms with Gasteiger partial charge in [-0.1, -0.05) is 30.3 Å². The molecule has 0 saturated carbocycles. The highest BCUT2D eigenvalue weighted by Crippen LogP contribution is 2.15. The number of aromatic nitrogens is 2. The molecule has 1 fully saturated rings. The zero-order chi connectivity index (χ0) is 16.2. The van der Waals surface area contributed by atoms with E-state index in [0.29, 0.717) is 31.9 Å². The average molecular weight is 313 g/mol. The molecule has 1 saturated heterocycles. The molecular formula is C16H19N5O2. The van der Waals surface area contributed by atoms with E-state index >= 15 is 0 Å². The van der Waals surface area contributed by atoms with Crippen molar-refractivity contribution in [3.63, 3.8) is 0 Å². The Balaban J connectivity index is 1.71. The topological polar surface area (TPSA) is 95.3 Å². The summed E-state index contributed by atoms with van der Waals surface area (Å²) >= 11 is 0. The second-order valence-electron chi connectivity index (χ2n) is 5.60. The Morgan fingerprint density at radius 1 is 1.22 bits per heavy atom. The van der Waals surface area contributed by atoms with Gasteiger partial charge in [-0.25, -0.2) is 0 Å². The molecule has 3 N–H and O–H groups in total. The van der Waals surface area contributed by atoms with E-state index < -0.39 is 11.9 Å². The molecule has 1 aromatic heterocycles. The van der Waals surface area contributed by atoms with Crippen molar-refractivity contribution >= 4 is 11.8 Å². The third kappa shape index (κ3) is 3.40. The highest BCUT2D eigenvalue weighted by molar-refractivity contribution is 5.93. The number of carbonyl (C=O) groups is 2. The predicted molar refractivity (Wildman–Crippen MR) is 84.3 cm³/mol. The third-order valence-corrected chi connectivity index (χ3v) is 4.07. The fourth-order valence-electron chi connectivity index (χ4n) is 2.83. The van der Waals surface area contributed by atoms with Gasteiger partial charge in [0.25, 0.3) is 5.91 Å². The molecule has 1 aliphatic heterocycles. The van der Waals surface area contributed by atoms with Gasteiger partial charge >= 0.3 is 0 Å². The van der Waals surface area contributed by atoms with E-state index in [2.05, 4.69) is 10.2 Å². The van der Waals surface area contributed by atoms with Crippen LogP contribution >= 0.6 is 0 Å². The quantitative estimate of drug-likeness (QED) is 0.844. The van der Waals surface area contributed by atoms with Crippen LogP contribution in [0.3, 0.4) is 0 Å². The molecule has 0 radical (unpaired) electrons. The van der Waals surface area contributed by atoms with Crippen LogP contribution in [-0.2, 0) is 11.3 Å². The number of hydrogen-bond donors (Lipinski definition) is 2. The molecule has 0 spiro atoms. The molecule has 1 atom stereocenters. The van der Waals surface area contributed by atoms with E-state index in [1.807, 2.05) is 35.2 Å². The van der Waals surface area contributed by atoms with Crippen LogP contribution in [0.2, 0.25) is 0 Å². The number of nitrogens with zero attached hydrogens (tertiary/aromatic N) is 3. The standard InChI is InChI=1S/C16H19N5O2/c17-15(22)14-11-21(16(23)13-6-7-18-19-13)9-8-20(14)10-12-4-2-1-3-5-12/h1-7,14H,8-11H2,(H2,17,22)(H,18,19). The van der Waals surface area contributed by atoms with Crippen molar-refractivity contribution in [2.24, 2.45) is 5.73 Å². The van der Waals surface area contributed by atoms with E-state index in [1.165, 1.54) is 6.20 Å². The molecule has 23 heavy (non-hydrogen) atoms. The van der Waals surface area contributed by atoms with Gasteiger partial charge in [0.1, 0.15) is 11.7 Å². The summed E-state index contributed by atoms with van der Waals surface area (Å²) in [6.45, 7) is 2.08. The van der Waals surface area contributed by atoms with Gasteiger partial charge < -0.3 is 10.6 Å². The lowest BCUT2D eigenvalue weighted by Gasteiger charge is -2.39. The summed E-state index contributed by atoms with van der Waals surface area (Å²) < 4.78 is 0. The zero-order valence-electron chi connectivity index (χ0n) is 12.7. The molecule has 0 aliphatic carbocycles. The van der Waals surface area contributed by atoms with Crippen molar-refractivity contribution in [1.29, 1.82) is 0 Å². The first-order valence-corrected chi connectivity index (χ1v) is 7.51. The summed E-state index contributed by atoms with van der Waals surface area (Å²) in [5.41, 5.74) is 7.09. The molecule has 7 heteroatoms. The van der Waals surface area contributed by atoms with Crippen LogP contribution in [-0.4, -0.2) is 57.5 Å². The summed E-state index contributed by atoms with van der Waals surface area (Å²) in [6.07, 6.45) is 1.53. The summed E-state index contributed by atoms with van der Waals surface area (Å²) in [4.78, 5) is 27.9. The van der Waals surface area contributed by atoms with Crippen LogP contribution in [0.4, 0.5) is 0 Å². The number of hydrogen-bond acceptors (Lipinski definition) is 4. The van der Waals surface area contributed by atoms with Crippen LogP contribution in [0.15, 0.2) is 42.6 Å². The molecule has 7 nitrogen and oxygen atoms in total. The number of amides is 2. The molecule has 1 unspecified atom stereocenters. The smallest absolute Gasteiger partial charge is 0.271 e. The summed E-state index contributed by atoms with van der Waals surface area (Å²) in [5.74, 6) is -0.573. The van der Waals surface area contributed by atoms with Crippen LogP contribution < -0.4 is 5.73 Å². The normalized spacial score (nSPS) is 18.8. The Morgan fingerprint density at radius 3 is 2.65 bits per heavy atom. The lowest BCUT2D eigenvalue weighted by atomic mass is 10.1. The lowest BCUT2D eigenvalue weighted by Crippen LogP contribution is -2.58. The number of rotatable bonds is 4. The van der Waals surface area contributed by atoms with Gasteiger partial charge in [-0.2, -0.15) is 5.10 Å². The maximum absolute atomic E-state index is 12.4. The number of benzene rings is 1. The van der Waals surface area contributed by atoms with Crippen molar-refractivity contribution < 1.29 is 9.59 Å². The number of carbonyl (C=O) groups excluding carboxylic acids is 2. The first-order chi connectivity index (χ1) is 11.1. The van der Waals surface area contributed by atoms with Crippen molar-refractivity contribution in [2.45, 2.75) is 12.6 Å². The number of nitrogens with two attached hydrogens (primary N) is 1. The van der Waals surface area contributed by atoms with E-state index in [-0.39, 0.29) is 5.91 Å². The Bertz CT molecular complexity index is 671. The number of nitrogens with one attached hydrogen (secondary N) is 1. The zero-order valence-corrected chi connectivity index (χ0v) is 12.7. The van der Waals surface area contributed by atoms with E-state index in [1.54, 1.807) is 11.0 Å². The van der Waals surface area contributed by atoms with Crippen LogP contribution in [0, 0.1) is 0 Å². The number of aromatic amines is 1. The highest BCUT2D eigenvalue weighted by Gasteiger charge is 2.33. The maximum atomic E-state index is 12.4. The van der Waals surface area contributed by atoms with Gasteiger partial charge in [0.2, 0.25) is 5.91 Å². The molecule has 1 aliphatic rings. The van der Waals surface area contributed by atoms with Crippen LogP contribution in [0.1, 0.15) is 16.1 Å². The average Bonchev–Trinajstić information content (AvgIpc) is 3.10. The lowest BCUT2D eigenvalue weighted by molar-refractivity contribution is -0.125. The predicted octanol–water partition coefficient (Wildman–Crippen LogP) is 0.222. The second-order valence-corrected chi connectivity index (χ2v) is 5.60. The number of piperazine rings is 1. The number of H-pyrrole nitrogens is 1. The SMILES string of the molecule is NC(=O)C1CN(C(=O)c2ccn[nH]2)CCN1Cc1ccccc1. The first kappa shape index (κ1) is 15.2. The van der Waals surface area contributed by atoms with Gasteiger partial charge in [-0.3, -0.25) is 19.6 Å². The summed E-state index contributed by atoms with van der Waals surface area (Å²) in [5, 5.41) is 6.45. The fourth-order valence-corrected chi connectivity index (χ4v) is 2.83. The second kappa shape index (κ2) is 6.62. The molecular weight excluding hydrogens is 294 g/mol. The molecule has 2 amide bonds. The fraction of sp³-hybridized carbons (Fsp3) is 0.312.